The minimum atomic E-state index is -0.110. The molecule has 1 heterocycles. The highest BCUT2D eigenvalue weighted by molar-refractivity contribution is 7.98. The van der Waals surface area contributed by atoms with Gasteiger partial charge in [0.15, 0.2) is 0 Å². The third kappa shape index (κ3) is 4.40. The quantitative estimate of drug-likeness (QED) is 0.753. The summed E-state index contributed by atoms with van der Waals surface area (Å²) in [6.07, 6.45) is 6.33. The first-order chi connectivity index (χ1) is 8.21. The number of amides is 1. The summed E-state index contributed by atoms with van der Waals surface area (Å²) >= 11 is 1.73. The Balaban J connectivity index is 2.55. The number of carbonyl (C=O) groups is 1. The first kappa shape index (κ1) is 14.1. The van der Waals surface area contributed by atoms with Crippen molar-refractivity contribution in [3.05, 3.63) is 18.2 Å². The minimum absolute atomic E-state index is 0.110. The van der Waals surface area contributed by atoms with Crippen molar-refractivity contribution in [3.63, 3.8) is 0 Å². The van der Waals surface area contributed by atoms with Gasteiger partial charge in [-0.3, -0.25) is 4.79 Å². The molecule has 0 fully saturated rings. The molecule has 96 valence electrons. The molecule has 1 aromatic rings. The number of carbonyl (C=O) groups excluding carboxylic acids is 1. The average molecular weight is 256 g/mol. The van der Waals surface area contributed by atoms with Gasteiger partial charge in [0.1, 0.15) is 5.69 Å². The zero-order chi connectivity index (χ0) is 12.7. The molecule has 0 aliphatic carbocycles. The first-order valence-electron chi connectivity index (χ1n) is 5.72. The molecule has 0 saturated carbocycles. The third-order valence-corrected chi connectivity index (χ3v) is 3.18. The zero-order valence-electron chi connectivity index (χ0n) is 10.3. The summed E-state index contributed by atoms with van der Waals surface area (Å²) in [5.41, 5.74) is 5.89. The number of hydrogen-bond acceptors (Lipinski definition) is 4. The van der Waals surface area contributed by atoms with Gasteiger partial charge >= 0.3 is 0 Å². The smallest absolute Gasteiger partial charge is 0.271 e. The normalized spacial score (nSPS) is 12.4. The average Bonchev–Trinajstić information content (AvgIpc) is 2.77. The van der Waals surface area contributed by atoms with E-state index in [1.165, 1.54) is 0 Å². The molecule has 0 aliphatic rings. The van der Waals surface area contributed by atoms with Crippen LogP contribution in [0.3, 0.4) is 0 Å². The third-order valence-electron chi connectivity index (χ3n) is 2.45. The van der Waals surface area contributed by atoms with E-state index in [9.17, 15) is 4.79 Å². The summed E-state index contributed by atoms with van der Waals surface area (Å²) < 4.78 is 1.82. The van der Waals surface area contributed by atoms with Crippen molar-refractivity contribution in [3.8, 4) is 0 Å². The van der Waals surface area contributed by atoms with Crippen LogP contribution in [-0.4, -0.2) is 40.1 Å². The summed E-state index contributed by atoms with van der Waals surface area (Å²) in [6.45, 7) is 3.29. The van der Waals surface area contributed by atoms with Crippen LogP contribution in [0.25, 0.3) is 0 Å². The summed E-state index contributed by atoms with van der Waals surface area (Å²) in [5, 5.41) is 2.97. The van der Waals surface area contributed by atoms with E-state index in [-0.39, 0.29) is 11.9 Å². The van der Waals surface area contributed by atoms with Crippen LogP contribution in [0.4, 0.5) is 0 Å². The molecule has 6 heteroatoms. The Labute approximate surface area is 106 Å². The molecule has 0 radical (unpaired) electrons. The lowest BCUT2D eigenvalue weighted by Crippen LogP contribution is -2.36. The largest absolute Gasteiger partial charge is 0.347 e. The molecular formula is C11H20N4OS. The molecule has 1 atom stereocenters. The molecule has 5 nitrogen and oxygen atoms in total. The van der Waals surface area contributed by atoms with E-state index in [0.29, 0.717) is 18.8 Å². The maximum atomic E-state index is 11.9. The van der Waals surface area contributed by atoms with E-state index in [0.717, 1.165) is 12.2 Å². The molecule has 17 heavy (non-hydrogen) atoms. The Hall–Kier alpha value is -1.01. The molecule has 1 aromatic heterocycles. The molecule has 1 rings (SSSR count). The molecule has 0 aromatic carbocycles. The van der Waals surface area contributed by atoms with Crippen molar-refractivity contribution in [1.82, 2.24) is 14.9 Å². The minimum Gasteiger partial charge on any atom is -0.347 e. The van der Waals surface area contributed by atoms with Gasteiger partial charge in [0.25, 0.3) is 5.91 Å². The van der Waals surface area contributed by atoms with Crippen LogP contribution in [0.5, 0.6) is 0 Å². The number of aromatic nitrogens is 2. The fourth-order valence-corrected chi connectivity index (χ4v) is 2.19. The van der Waals surface area contributed by atoms with Crippen molar-refractivity contribution < 1.29 is 4.79 Å². The van der Waals surface area contributed by atoms with Crippen LogP contribution in [0.1, 0.15) is 23.8 Å². The lowest BCUT2D eigenvalue weighted by Gasteiger charge is -2.14. The van der Waals surface area contributed by atoms with E-state index in [2.05, 4.69) is 17.2 Å². The molecule has 1 amide bonds. The second-order valence-corrected chi connectivity index (χ2v) is 4.73. The first-order valence-corrected chi connectivity index (χ1v) is 7.12. The van der Waals surface area contributed by atoms with Crippen LogP contribution >= 0.6 is 11.8 Å². The predicted octanol–water partition coefficient (Wildman–Crippen LogP) is 0.713. The summed E-state index contributed by atoms with van der Waals surface area (Å²) in [5.74, 6) is 0.813. The molecule has 0 spiro atoms. The van der Waals surface area contributed by atoms with E-state index in [1.54, 1.807) is 24.3 Å². The van der Waals surface area contributed by atoms with Gasteiger partial charge in [0.2, 0.25) is 0 Å². The molecule has 3 N–H and O–H groups in total. The van der Waals surface area contributed by atoms with E-state index in [4.69, 9.17) is 5.73 Å². The Kier molecular flexibility index (Phi) is 6.07. The van der Waals surface area contributed by atoms with Gasteiger partial charge in [-0.2, -0.15) is 11.8 Å². The predicted molar refractivity (Wildman–Crippen MR) is 71.2 cm³/mol. The summed E-state index contributed by atoms with van der Waals surface area (Å²) in [7, 11) is 0. The number of nitrogens with two attached hydrogens (primary N) is 1. The fourth-order valence-electron chi connectivity index (χ4n) is 1.47. The lowest BCUT2D eigenvalue weighted by atomic mass is 10.2. The zero-order valence-corrected chi connectivity index (χ0v) is 11.2. The van der Waals surface area contributed by atoms with E-state index in [1.807, 2.05) is 10.8 Å². The topological polar surface area (TPSA) is 72.9 Å². The molecule has 0 saturated heterocycles. The SMILES string of the molecule is CCC(CSC)NC(=O)c1cn(CCN)cn1. The molecule has 0 bridgehead atoms. The van der Waals surface area contributed by atoms with E-state index < -0.39 is 0 Å². The van der Waals surface area contributed by atoms with Gasteiger partial charge < -0.3 is 15.6 Å². The monoisotopic (exact) mass is 256 g/mol. The van der Waals surface area contributed by atoms with Crippen LogP contribution in [-0.2, 0) is 6.54 Å². The maximum Gasteiger partial charge on any atom is 0.271 e. The number of nitrogens with zero attached hydrogens (tertiary/aromatic N) is 2. The highest BCUT2D eigenvalue weighted by Gasteiger charge is 2.13. The Bertz CT molecular complexity index is 353. The standard InChI is InChI=1S/C11H20N4OS/c1-3-9(7-17-2)14-11(16)10-6-15(5-4-12)8-13-10/h6,8-9H,3-5,7,12H2,1-2H3,(H,14,16). The number of imidazole rings is 1. The Morgan fingerprint density at radius 1 is 1.71 bits per heavy atom. The van der Waals surface area contributed by atoms with Crippen LogP contribution in [0.2, 0.25) is 0 Å². The second-order valence-electron chi connectivity index (χ2n) is 3.82. The van der Waals surface area contributed by atoms with Crippen LogP contribution in [0.15, 0.2) is 12.5 Å². The van der Waals surface area contributed by atoms with Crippen molar-refractivity contribution in [1.29, 1.82) is 0 Å². The van der Waals surface area contributed by atoms with Crippen molar-refractivity contribution in [2.45, 2.75) is 25.9 Å². The number of rotatable bonds is 7. The molecule has 0 aliphatic heterocycles. The number of thioether (sulfide) groups is 1. The fraction of sp³-hybridized carbons (Fsp3) is 0.636. The van der Waals surface area contributed by atoms with Crippen molar-refractivity contribution >= 4 is 17.7 Å². The summed E-state index contributed by atoms with van der Waals surface area (Å²) in [6, 6.07) is 0.206. The maximum absolute atomic E-state index is 11.9. The van der Waals surface area contributed by atoms with Gasteiger partial charge in [0.05, 0.1) is 6.33 Å². The Morgan fingerprint density at radius 3 is 3.06 bits per heavy atom. The van der Waals surface area contributed by atoms with Gasteiger partial charge in [-0.15, -0.1) is 0 Å². The number of hydrogen-bond donors (Lipinski definition) is 2. The van der Waals surface area contributed by atoms with Gasteiger partial charge in [-0.25, -0.2) is 4.98 Å². The van der Waals surface area contributed by atoms with Crippen molar-refractivity contribution in [2.75, 3.05) is 18.6 Å². The highest BCUT2D eigenvalue weighted by atomic mass is 32.2. The van der Waals surface area contributed by atoms with Crippen LogP contribution in [0, 0.1) is 0 Å². The van der Waals surface area contributed by atoms with Gasteiger partial charge in [-0.05, 0) is 12.7 Å². The van der Waals surface area contributed by atoms with Crippen molar-refractivity contribution in [2.24, 2.45) is 5.73 Å². The van der Waals surface area contributed by atoms with Crippen LogP contribution < -0.4 is 11.1 Å². The highest BCUT2D eigenvalue weighted by Crippen LogP contribution is 2.03. The van der Waals surface area contributed by atoms with Gasteiger partial charge in [-0.1, -0.05) is 6.92 Å². The molecular weight excluding hydrogens is 236 g/mol. The Morgan fingerprint density at radius 2 is 2.47 bits per heavy atom. The van der Waals surface area contributed by atoms with E-state index >= 15 is 0 Å². The number of nitrogens with one attached hydrogen (secondary N) is 1. The lowest BCUT2D eigenvalue weighted by molar-refractivity contribution is 0.0935. The second kappa shape index (κ2) is 7.34. The molecule has 1 unspecified atom stereocenters. The van der Waals surface area contributed by atoms with Gasteiger partial charge in [0, 0.05) is 31.1 Å². The summed E-state index contributed by atoms with van der Waals surface area (Å²) in [4.78, 5) is 15.9.